The molecule has 0 saturated heterocycles. The average Bonchev–Trinajstić information content (AvgIpc) is 3.13. The van der Waals surface area contributed by atoms with Crippen molar-refractivity contribution < 1.29 is 10.2 Å². The molecule has 4 aliphatic rings. The number of aryl methyl sites for hydroxylation is 2. The highest BCUT2D eigenvalue weighted by Crippen LogP contribution is 2.52. The Hall–Kier alpha value is -3.52. The first-order chi connectivity index (χ1) is 22.7. The third-order valence-corrected chi connectivity index (χ3v) is 12.1. The van der Waals surface area contributed by atoms with E-state index in [4.69, 9.17) is 0 Å². The molecule has 4 aromatic carbocycles. The molecule has 46 heavy (non-hydrogen) atoms. The Labute approximate surface area is 275 Å². The lowest BCUT2D eigenvalue weighted by atomic mass is 9.77. The van der Waals surface area contributed by atoms with Crippen LogP contribution in [0.1, 0.15) is 135 Å². The van der Waals surface area contributed by atoms with Crippen LogP contribution in [0.25, 0.3) is 33.4 Å². The fourth-order valence-electron chi connectivity index (χ4n) is 9.51. The van der Waals surface area contributed by atoms with Gasteiger partial charge in [-0.3, -0.25) is 0 Å². The van der Waals surface area contributed by atoms with Crippen molar-refractivity contribution in [3.05, 3.63) is 94.0 Å². The van der Waals surface area contributed by atoms with Gasteiger partial charge in [-0.1, -0.05) is 87.1 Å². The van der Waals surface area contributed by atoms with Crippen LogP contribution in [0.2, 0.25) is 0 Å². The summed E-state index contributed by atoms with van der Waals surface area (Å²) in [4.78, 5) is 0. The summed E-state index contributed by atoms with van der Waals surface area (Å²) in [7, 11) is 0. The lowest BCUT2D eigenvalue weighted by Crippen LogP contribution is -2.10. The van der Waals surface area contributed by atoms with Gasteiger partial charge in [-0.15, -0.1) is 0 Å². The minimum Gasteiger partial charge on any atom is -0.507 e. The zero-order chi connectivity index (χ0) is 31.0. The van der Waals surface area contributed by atoms with Crippen molar-refractivity contribution in [2.45, 2.75) is 127 Å². The zero-order valence-corrected chi connectivity index (χ0v) is 27.6. The minimum absolute atomic E-state index is 0.346. The van der Waals surface area contributed by atoms with Gasteiger partial charge < -0.3 is 10.2 Å². The molecule has 2 heteroatoms. The second kappa shape index (κ2) is 12.9. The zero-order valence-electron chi connectivity index (χ0n) is 27.6. The van der Waals surface area contributed by atoms with Crippen LogP contribution < -0.4 is 0 Å². The molecule has 2 fully saturated rings. The van der Waals surface area contributed by atoms with E-state index in [0.29, 0.717) is 23.3 Å². The van der Waals surface area contributed by atoms with Crippen LogP contribution in [0, 0.1) is 0 Å². The van der Waals surface area contributed by atoms with Gasteiger partial charge in [-0.05, 0) is 146 Å². The quantitative estimate of drug-likeness (QED) is 0.236. The summed E-state index contributed by atoms with van der Waals surface area (Å²) in [6, 6.07) is 22.7. The SMILES string of the molecule is Oc1c(-c2ccc(C3CCCCC3)cc2)cc2c(c1-c1c(O)c(-c3ccc(C4CCCCC4)cc3)cc3c1CCCC3)CCCC2. The third-order valence-electron chi connectivity index (χ3n) is 12.1. The Kier molecular flexibility index (Phi) is 8.40. The number of rotatable bonds is 5. The first-order valence-corrected chi connectivity index (χ1v) is 18.6. The minimum atomic E-state index is 0.346. The highest BCUT2D eigenvalue weighted by Gasteiger charge is 2.29. The molecule has 0 radical (unpaired) electrons. The summed E-state index contributed by atoms with van der Waals surface area (Å²) in [6.07, 6.45) is 21.8. The number of fused-ring (bicyclic) bond motifs is 2. The van der Waals surface area contributed by atoms with E-state index in [2.05, 4.69) is 60.7 Å². The Bertz CT molecular complexity index is 1570. The smallest absolute Gasteiger partial charge is 0.131 e. The van der Waals surface area contributed by atoms with E-state index in [0.717, 1.165) is 71.9 Å². The molecular weight excluding hydrogens is 560 g/mol. The monoisotopic (exact) mass is 610 g/mol. The second-order valence-electron chi connectivity index (χ2n) is 14.9. The summed E-state index contributed by atoms with van der Waals surface area (Å²) >= 11 is 0. The molecule has 0 spiro atoms. The Morgan fingerprint density at radius 3 is 1.17 bits per heavy atom. The van der Waals surface area contributed by atoms with Gasteiger partial charge in [-0.2, -0.15) is 0 Å². The maximum atomic E-state index is 12.3. The Morgan fingerprint density at radius 1 is 0.413 bits per heavy atom. The van der Waals surface area contributed by atoms with Crippen LogP contribution in [0.5, 0.6) is 11.5 Å². The van der Waals surface area contributed by atoms with Crippen molar-refractivity contribution in [2.24, 2.45) is 0 Å². The number of aromatic hydroxyl groups is 2. The molecule has 4 aliphatic carbocycles. The third kappa shape index (κ3) is 5.56. The fraction of sp³-hybridized carbons (Fsp3) is 0.455. The summed E-state index contributed by atoms with van der Waals surface area (Å²) in [5.74, 6) is 2.02. The van der Waals surface area contributed by atoms with Crippen molar-refractivity contribution in [1.29, 1.82) is 0 Å². The number of phenolic OH excluding ortho intramolecular Hbond substituents is 2. The molecule has 0 bridgehead atoms. The van der Waals surface area contributed by atoms with Gasteiger partial charge >= 0.3 is 0 Å². The van der Waals surface area contributed by atoms with Crippen LogP contribution in [0.15, 0.2) is 60.7 Å². The maximum absolute atomic E-state index is 12.3. The number of benzene rings is 4. The van der Waals surface area contributed by atoms with Gasteiger partial charge in [-0.25, -0.2) is 0 Å². The van der Waals surface area contributed by atoms with Gasteiger partial charge in [0, 0.05) is 22.3 Å². The van der Waals surface area contributed by atoms with Gasteiger partial charge in [0.1, 0.15) is 11.5 Å². The largest absolute Gasteiger partial charge is 0.507 e. The highest BCUT2D eigenvalue weighted by molar-refractivity contribution is 5.93. The first kappa shape index (κ1) is 29.9. The van der Waals surface area contributed by atoms with E-state index in [-0.39, 0.29) is 0 Å². The predicted octanol–water partition coefficient (Wildman–Crippen LogP) is 12.0. The number of hydrogen-bond acceptors (Lipinski definition) is 2. The molecule has 0 aliphatic heterocycles. The van der Waals surface area contributed by atoms with Crippen LogP contribution in [0.3, 0.4) is 0 Å². The van der Waals surface area contributed by atoms with Gasteiger partial charge in [0.25, 0.3) is 0 Å². The predicted molar refractivity (Wildman–Crippen MR) is 191 cm³/mol. The molecule has 2 saturated carbocycles. The maximum Gasteiger partial charge on any atom is 0.131 e. The molecule has 238 valence electrons. The number of phenols is 2. The van der Waals surface area contributed by atoms with E-state index in [9.17, 15) is 10.2 Å². The molecule has 0 atom stereocenters. The molecule has 2 nitrogen and oxygen atoms in total. The van der Waals surface area contributed by atoms with Crippen molar-refractivity contribution in [3.8, 4) is 44.9 Å². The van der Waals surface area contributed by atoms with Crippen molar-refractivity contribution in [2.75, 3.05) is 0 Å². The molecule has 0 amide bonds. The van der Waals surface area contributed by atoms with Gasteiger partial charge in [0.05, 0.1) is 0 Å². The van der Waals surface area contributed by atoms with E-state index < -0.39 is 0 Å². The Morgan fingerprint density at radius 2 is 0.783 bits per heavy atom. The van der Waals surface area contributed by atoms with Crippen molar-refractivity contribution >= 4 is 0 Å². The van der Waals surface area contributed by atoms with E-state index in [1.807, 2.05) is 0 Å². The van der Waals surface area contributed by atoms with Crippen LogP contribution in [-0.4, -0.2) is 10.2 Å². The van der Waals surface area contributed by atoms with Crippen molar-refractivity contribution in [3.63, 3.8) is 0 Å². The fourth-order valence-corrected chi connectivity index (χ4v) is 9.51. The van der Waals surface area contributed by atoms with E-state index in [1.54, 1.807) is 0 Å². The summed E-state index contributed by atoms with van der Waals surface area (Å²) < 4.78 is 0. The highest BCUT2D eigenvalue weighted by atomic mass is 16.3. The first-order valence-electron chi connectivity index (χ1n) is 18.6. The van der Waals surface area contributed by atoms with E-state index in [1.165, 1.54) is 110 Å². The lowest BCUT2D eigenvalue weighted by molar-refractivity contribution is 0.443. The van der Waals surface area contributed by atoms with E-state index >= 15 is 0 Å². The van der Waals surface area contributed by atoms with Gasteiger partial charge in [0.15, 0.2) is 0 Å². The molecule has 8 rings (SSSR count). The second-order valence-corrected chi connectivity index (χ2v) is 14.9. The number of hydrogen-bond donors (Lipinski definition) is 2. The summed E-state index contributed by atoms with van der Waals surface area (Å²) in [5.41, 5.74) is 13.9. The molecule has 0 heterocycles. The normalized spacial score (nSPS) is 19.0. The van der Waals surface area contributed by atoms with Crippen LogP contribution >= 0.6 is 0 Å². The van der Waals surface area contributed by atoms with Gasteiger partial charge in [0.2, 0.25) is 0 Å². The van der Waals surface area contributed by atoms with Crippen LogP contribution in [0.4, 0.5) is 0 Å². The molecule has 0 unspecified atom stereocenters. The van der Waals surface area contributed by atoms with Crippen molar-refractivity contribution in [1.82, 2.24) is 0 Å². The molecule has 2 N–H and O–H groups in total. The summed E-state index contributed by atoms with van der Waals surface area (Å²) in [5, 5.41) is 24.7. The lowest BCUT2D eigenvalue weighted by Gasteiger charge is -2.28. The molecule has 4 aromatic rings. The average molecular weight is 611 g/mol. The molecule has 0 aromatic heterocycles. The Balaban J connectivity index is 1.25. The topological polar surface area (TPSA) is 40.5 Å². The summed E-state index contributed by atoms with van der Waals surface area (Å²) in [6.45, 7) is 0. The van der Waals surface area contributed by atoms with Crippen LogP contribution in [-0.2, 0) is 25.7 Å². The molecular formula is C44H50O2. The standard InChI is InChI=1S/C44H50O2/c45-43-39(33-23-19-31(20-24-33)29-11-3-1-4-12-29)27-35-15-7-9-17-37(35)41(43)42-38-18-10-8-16-36(38)28-40(44(42)46)34-25-21-32(22-26-34)30-13-5-2-6-14-30/h19-30,45-46H,1-18H2.